The van der Waals surface area contributed by atoms with E-state index in [1.165, 1.54) is 12.4 Å². The molecule has 1 saturated heterocycles. The smallest absolute Gasteiger partial charge is 0.225 e. The summed E-state index contributed by atoms with van der Waals surface area (Å²) >= 11 is 0. The van der Waals surface area contributed by atoms with Gasteiger partial charge in [0, 0.05) is 45.0 Å². The molecule has 0 N–H and O–H groups in total. The van der Waals surface area contributed by atoms with Gasteiger partial charge in [0.2, 0.25) is 5.95 Å². The van der Waals surface area contributed by atoms with Crippen LogP contribution in [0.1, 0.15) is 0 Å². The molecule has 0 amide bonds. The Bertz CT molecular complexity index is 855. The summed E-state index contributed by atoms with van der Waals surface area (Å²) in [6.07, 6.45) is 9.58. The standard InChI is InChI=1S/C16H17FN8/c1-23-11-12(6-21-23)14-9-18-10-15(22-14)24-2-4-25(5-3-24)16-19-7-13(17)8-20-16/h6-11H,2-5H2,1H3. The van der Waals surface area contributed by atoms with Crippen LogP contribution in [0, 0.1) is 5.82 Å². The van der Waals surface area contributed by atoms with Crippen LogP contribution in [0.2, 0.25) is 0 Å². The van der Waals surface area contributed by atoms with Crippen molar-refractivity contribution in [3.8, 4) is 11.3 Å². The minimum atomic E-state index is -0.426. The van der Waals surface area contributed by atoms with Crippen LogP contribution in [0.3, 0.4) is 0 Å². The first-order valence-corrected chi connectivity index (χ1v) is 7.97. The summed E-state index contributed by atoms with van der Waals surface area (Å²) in [6.45, 7) is 3.02. The van der Waals surface area contributed by atoms with Crippen LogP contribution >= 0.6 is 0 Å². The number of piperazine rings is 1. The molecule has 4 heterocycles. The molecule has 4 rings (SSSR count). The Labute approximate surface area is 144 Å². The molecule has 0 spiro atoms. The number of rotatable bonds is 3. The Morgan fingerprint density at radius 2 is 1.64 bits per heavy atom. The molecule has 1 aliphatic heterocycles. The Morgan fingerprint density at radius 3 is 2.32 bits per heavy atom. The van der Waals surface area contributed by atoms with Gasteiger partial charge in [-0.1, -0.05) is 0 Å². The van der Waals surface area contributed by atoms with E-state index in [0.29, 0.717) is 5.95 Å². The second-order valence-corrected chi connectivity index (χ2v) is 5.84. The molecule has 128 valence electrons. The van der Waals surface area contributed by atoms with Gasteiger partial charge in [0.05, 0.1) is 36.7 Å². The molecule has 3 aromatic heterocycles. The number of aromatic nitrogens is 6. The Hall–Kier alpha value is -3.10. The molecule has 25 heavy (non-hydrogen) atoms. The lowest BCUT2D eigenvalue weighted by Crippen LogP contribution is -2.47. The summed E-state index contributed by atoms with van der Waals surface area (Å²) in [5, 5.41) is 4.17. The van der Waals surface area contributed by atoms with Crippen molar-refractivity contribution < 1.29 is 4.39 Å². The van der Waals surface area contributed by atoms with E-state index in [0.717, 1.165) is 43.3 Å². The lowest BCUT2D eigenvalue weighted by atomic mass is 10.2. The van der Waals surface area contributed by atoms with Gasteiger partial charge in [-0.25, -0.2) is 19.3 Å². The van der Waals surface area contributed by atoms with Gasteiger partial charge in [-0.15, -0.1) is 0 Å². The maximum Gasteiger partial charge on any atom is 0.225 e. The van der Waals surface area contributed by atoms with Gasteiger partial charge in [-0.2, -0.15) is 5.10 Å². The van der Waals surface area contributed by atoms with E-state index in [-0.39, 0.29) is 0 Å². The van der Waals surface area contributed by atoms with E-state index in [1.54, 1.807) is 23.3 Å². The van der Waals surface area contributed by atoms with Gasteiger partial charge in [0.25, 0.3) is 0 Å². The largest absolute Gasteiger partial charge is 0.352 e. The molecular weight excluding hydrogens is 323 g/mol. The summed E-state index contributed by atoms with van der Waals surface area (Å²) in [7, 11) is 1.87. The second kappa shape index (κ2) is 6.42. The number of nitrogens with zero attached hydrogens (tertiary/aromatic N) is 8. The molecule has 0 saturated carbocycles. The lowest BCUT2D eigenvalue weighted by Gasteiger charge is -2.35. The third-order valence-corrected chi connectivity index (χ3v) is 4.12. The SMILES string of the molecule is Cn1cc(-c2cncc(N3CCN(c4ncc(F)cn4)CC3)n2)cn1. The number of hydrogen-bond acceptors (Lipinski definition) is 7. The van der Waals surface area contributed by atoms with Crippen molar-refractivity contribution in [2.45, 2.75) is 0 Å². The second-order valence-electron chi connectivity index (χ2n) is 5.84. The lowest BCUT2D eigenvalue weighted by molar-refractivity contribution is 0.601. The highest BCUT2D eigenvalue weighted by Gasteiger charge is 2.20. The number of aryl methyl sites for hydroxylation is 1. The van der Waals surface area contributed by atoms with E-state index >= 15 is 0 Å². The molecule has 9 heteroatoms. The molecule has 0 unspecified atom stereocenters. The van der Waals surface area contributed by atoms with Crippen LogP contribution in [-0.2, 0) is 7.05 Å². The number of anilines is 2. The molecule has 1 fully saturated rings. The van der Waals surface area contributed by atoms with Crippen LogP contribution in [0.15, 0.2) is 37.2 Å². The van der Waals surface area contributed by atoms with Gasteiger partial charge >= 0.3 is 0 Å². The van der Waals surface area contributed by atoms with Gasteiger partial charge in [-0.3, -0.25) is 9.67 Å². The van der Waals surface area contributed by atoms with Crippen molar-refractivity contribution in [3.63, 3.8) is 0 Å². The highest BCUT2D eigenvalue weighted by Crippen LogP contribution is 2.20. The number of hydrogen-bond donors (Lipinski definition) is 0. The highest BCUT2D eigenvalue weighted by molar-refractivity contribution is 5.58. The first-order valence-electron chi connectivity index (χ1n) is 7.97. The fraction of sp³-hybridized carbons (Fsp3) is 0.312. The molecule has 0 radical (unpaired) electrons. The summed E-state index contributed by atoms with van der Waals surface area (Å²) in [6, 6.07) is 0. The zero-order valence-electron chi connectivity index (χ0n) is 13.7. The van der Waals surface area contributed by atoms with Crippen molar-refractivity contribution in [2.75, 3.05) is 36.0 Å². The summed E-state index contributed by atoms with van der Waals surface area (Å²) in [4.78, 5) is 21.3. The van der Waals surface area contributed by atoms with Crippen LogP contribution in [0.4, 0.5) is 16.2 Å². The fourth-order valence-corrected chi connectivity index (χ4v) is 2.80. The Balaban J connectivity index is 1.46. The van der Waals surface area contributed by atoms with Crippen LogP contribution in [0.25, 0.3) is 11.3 Å². The van der Waals surface area contributed by atoms with E-state index in [1.807, 2.05) is 18.1 Å². The summed E-state index contributed by atoms with van der Waals surface area (Å²) in [5.74, 6) is 0.960. The molecule has 1 aliphatic rings. The molecule has 8 nitrogen and oxygen atoms in total. The molecular formula is C16H17FN8. The summed E-state index contributed by atoms with van der Waals surface area (Å²) in [5.41, 5.74) is 1.74. The monoisotopic (exact) mass is 340 g/mol. The van der Waals surface area contributed by atoms with Crippen molar-refractivity contribution in [1.29, 1.82) is 0 Å². The summed E-state index contributed by atoms with van der Waals surface area (Å²) < 4.78 is 14.7. The van der Waals surface area contributed by atoms with Gasteiger partial charge < -0.3 is 9.80 Å². The molecule has 0 bridgehead atoms. The molecule has 3 aromatic rings. The van der Waals surface area contributed by atoms with Crippen molar-refractivity contribution in [1.82, 2.24) is 29.7 Å². The quantitative estimate of drug-likeness (QED) is 0.707. The maximum absolute atomic E-state index is 12.9. The average molecular weight is 340 g/mol. The molecule has 0 aliphatic carbocycles. The normalized spacial score (nSPS) is 14.8. The first kappa shape index (κ1) is 15.4. The Kier molecular flexibility index (Phi) is 3.96. The highest BCUT2D eigenvalue weighted by atomic mass is 19.1. The third kappa shape index (κ3) is 3.25. The van der Waals surface area contributed by atoms with Crippen LogP contribution in [0.5, 0.6) is 0 Å². The van der Waals surface area contributed by atoms with Crippen LogP contribution < -0.4 is 9.80 Å². The van der Waals surface area contributed by atoms with Gasteiger partial charge in [0.1, 0.15) is 5.82 Å². The van der Waals surface area contributed by atoms with E-state index in [4.69, 9.17) is 4.98 Å². The third-order valence-electron chi connectivity index (χ3n) is 4.12. The minimum Gasteiger partial charge on any atom is -0.352 e. The molecule has 0 aromatic carbocycles. The topological polar surface area (TPSA) is 75.9 Å². The average Bonchev–Trinajstić information content (AvgIpc) is 3.09. The number of halogens is 1. The predicted molar refractivity (Wildman–Crippen MR) is 90.7 cm³/mol. The fourth-order valence-electron chi connectivity index (χ4n) is 2.80. The first-order chi connectivity index (χ1) is 12.2. The zero-order chi connectivity index (χ0) is 17.2. The van der Waals surface area contributed by atoms with Crippen molar-refractivity contribution in [2.24, 2.45) is 7.05 Å². The van der Waals surface area contributed by atoms with Crippen LogP contribution in [-0.4, -0.2) is 55.9 Å². The van der Waals surface area contributed by atoms with E-state index < -0.39 is 5.82 Å². The molecule has 0 atom stereocenters. The minimum absolute atomic E-state index is 0.426. The van der Waals surface area contributed by atoms with Crippen molar-refractivity contribution >= 4 is 11.8 Å². The van der Waals surface area contributed by atoms with E-state index in [9.17, 15) is 4.39 Å². The van der Waals surface area contributed by atoms with Crippen molar-refractivity contribution in [3.05, 3.63) is 43.0 Å². The predicted octanol–water partition coefficient (Wildman–Crippen LogP) is 1.13. The Morgan fingerprint density at radius 1 is 0.920 bits per heavy atom. The van der Waals surface area contributed by atoms with Gasteiger partial charge in [0.15, 0.2) is 5.82 Å². The van der Waals surface area contributed by atoms with E-state index in [2.05, 4.69) is 25.0 Å². The zero-order valence-corrected chi connectivity index (χ0v) is 13.7. The maximum atomic E-state index is 12.9. The van der Waals surface area contributed by atoms with Gasteiger partial charge in [-0.05, 0) is 0 Å².